The molecule has 0 saturated carbocycles. The van der Waals surface area contributed by atoms with Gasteiger partial charge in [-0.25, -0.2) is 0 Å². The number of amides is 1. The van der Waals surface area contributed by atoms with E-state index in [0.29, 0.717) is 12.5 Å². The molecule has 1 aromatic carbocycles. The van der Waals surface area contributed by atoms with Gasteiger partial charge in [-0.1, -0.05) is 37.3 Å². The summed E-state index contributed by atoms with van der Waals surface area (Å²) in [5.74, 6) is 0.895. The fourth-order valence-corrected chi connectivity index (χ4v) is 2.29. The quantitative estimate of drug-likeness (QED) is 0.830. The number of nitrogens with one attached hydrogen (secondary N) is 2. The van der Waals surface area contributed by atoms with E-state index in [1.54, 1.807) is 0 Å². The number of rotatable bonds is 3. The third-order valence-corrected chi connectivity index (χ3v) is 3.25. The molecule has 0 bridgehead atoms. The number of benzene rings is 1. The average molecular weight is 232 g/mol. The lowest BCUT2D eigenvalue weighted by Crippen LogP contribution is -2.43. The van der Waals surface area contributed by atoms with Crippen LogP contribution in [0.5, 0.6) is 0 Å². The molecule has 0 unspecified atom stereocenters. The van der Waals surface area contributed by atoms with E-state index >= 15 is 0 Å². The predicted molar refractivity (Wildman–Crippen MR) is 68.4 cm³/mol. The smallest absolute Gasteiger partial charge is 0.224 e. The highest BCUT2D eigenvalue weighted by Crippen LogP contribution is 2.15. The van der Waals surface area contributed by atoms with E-state index in [1.807, 2.05) is 30.3 Å². The Hall–Kier alpha value is -1.35. The summed E-state index contributed by atoms with van der Waals surface area (Å²) < 4.78 is 0. The topological polar surface area (TPSA) is 41.1 Å². The van der Waals surface area contributed by atoms with E-state index in [2.05, 4.69) is 17.6 Å². The lowest BCUT2D eigenvalue weighted by atomic mass is 9.91. The monoisotopic (exact) mass is 232 g/mol. The molecule has 2 atom stereocenters. The zero-order valence-electron chi connectivity index (χ0n) is 10.3. The third kappa shape index (κ3) is 3.56. The molecule has 1 fully saturated rings. The van der Waals surface area contributed by atoms with Crippen molar-refractivity contribution in [2.75, 3.05) is 13.1 Å². The molecule has 2 N–H and O–H groups in total. The summed E-state index contributed by atoms with van der Waals surface area (Å²) in [5.41, 5.74) is 1.15. The maximum Gasteiger partial charge on any atom is 0.224 e. The van der Waals surface area contributed by atoms with Crippen LogP contribution in [0.1, 0.15) is 18.9 Å². The summed E-state index contributed by atoms with van der Waals surface area (Å²) in [5, 5.41) is 6.31. The molecule has 3 heteroatoms. The minimum Gasteiger partial charge on any atom is -0.352 e. The van der Waals surface area contributed by atoms with Crippen molar-refractivity contribution in [3.05, 3.63) is 35.9 Å². The van der Waals surface area contributed by atoms with Crippen LogP contribution in [0.4, 0.5) is 0 Å². The van der Waals surface area contributed by atoms with Crippen LogP contribution in [0.3, 0.4) is 0 Å². The van der Waals surface area contributed by atoms with Crippen molar-refractivity contribution in [3.63, 3.8) is 0 Å². The third-order valence-electron chi connectivity index (χ3n) is 3.25. The molecular weight excluding hydrogens is 212 g/mol. The number of piperidine rings is 1. The van der Waals surface area contributed by atoms with Crippen molar-refractivity contribution in [2.45, 2.75) is 19.9 Å². The highest BCUT2D eigenvalue weighted by molar-refractivity contribution is 5.79. The number of carbonyl (C=O) groups excluding carboxylic acids is 1. The second-order valence-corrected chi connectivity index (χ2v) is 4.90. The van der Waals surface area contributed by atoms with Gasteiger partial charge in [0, 0.05) is 13.1 Å². The number of hydrogen-bond donors (Lipinski definition) is 2. The first-order chi connectivity index (χ1) is 8.25. The van der Waals surface area contributed by atoms with Crippen LogP contribution in [-0.2, 0) is 11.3 Å². The average Bonchev–Trinajstić information content (AvgIpc) is 2.37. The minimum absolute atomic E-state index is 0.127. The summed E-state index contributed by atoms with van der Waals surface area (Å²) in [6.45, 7) is 4.65. The highest BCUT2D eigenvalue weighted by atomic mass is 16.1. The Labute approximate surface area is 103 Å². The van der Waals surface area contributed by atoms with Crippen LogP contribution >= 0.6 is 0 Å². The van der Waals surface area contributed by atoms with Crippen molar-refractivity contribution in [1.82, 2.24) is 10.6 Å². The van der Waals surface area contributed by atoms with Crippen molar-refractivity contribution in [1.29, 1.82) is 0 Å². The van der Waals surface area contributed by atoms with Gasteiger partial charge in [0.25, 0.3) is 0 Å². The minimum atomic E-state index is 0.127. The molecule has 17 heavy (non-hydrogen) atoms. The van der Waals surface area contributed by atoms with E-state index in [9.17, 15) is 4.79 Å². The van der Waals surface area contributed by atoms with Gasteiger partial charge in [-0.05, 0) is 24.4 Å². The van der Waals surface area contributed by atoms with Crippen LogP contribution in [-0.4, -0.2) is 19.0 Å². The van der Waals surface area contributed by atoms with Gasteiger partial charge in [0.15, 0.2) is 0 Å². The van der Waals surface area contributed by atoms with Gasteiger partial charge >= 0.3 is 0 Å². The molecular formula is C14H20N2O. The number of carbonyl (C=O) groups is 1. The standard InChI is InChI=1S/C14H20N2O/c1-11-7-13(10-15-8-11)14(17)16-9-12-5-3-2-4-6-12/h2-6,11,13,15H,7-10H2,1H3,(H,16,17)/t11-,13+/m1/s1. The Balaban J connectivity index is 1.81. The first-order valence-electron chi connectivity index (χ1n) is 6.28. The van der Waals surface area contributed by atoms with Gasteiger partial charge in [0.1, 0.15) is 0 Å². The predicted octanol–water partition coefficient (Wildman–Crippen LogP) is 1.55. The second-order valence-electron chi connectivity index (χ2n) is 4.90. The lowest BCUT2D eigenvalue weighted by Gasteiger charge is -2.26. The summed E-state index contributed by atoms with van der Waals surface area (Å²) in [4.78, 5) is 12.0. The van der Waals surface area contributed by atoms with E-state index < -0.39 is 0 Å². The maximum atomic E-state index is 12.0. The molecule has 1 aliphatic heterocycles. The van der Waals surface area contributed by atoms with Gasteiger partial charge in [-0.2, -0.15) is 0 Å². The molecule has 0 aliphatic carbocycles. The molecule has 2 rings (SSSR count). The van der Waals surface area contributed by atoms with Crippen LogP contribution in [0.2, 0.25) is 0 Å². The lowest BCUT2D eigenvalue weighted by molar-refractivity contribution is -0.126. The second kappa shape index (κ2) is 5.82. The Morgan fingerprint density at radius 3 is 2.82 bits per heavy atom. The fraction of sp³-hybridized carbons (Fsp3) is 0.500. The first-order valence-corrected chi connectivity index (χ1v) is 6.28. The van der Waals surface area contributed by atoms with Crippen LogP contribution in [0.15, 0.2) is 30.3 Å². The molecule has 1 amide bonds. The summed E-state index contributed by atoms with van der Waals surface area (Å²) >= 11 is 0. The van der Waals surface area contributed by atoms with Crippen molar-refractivity contribution in [2.24, 2.45) is 11.8 Å². The maximum absolute atomic E-state index is 12.0. The number of hydrogen-bond acceptors (Lipinski definition) is 2. The van der Waals surface area contributed by atoms with E-state index in [-0.39, 0.29) is 11.8 Å². The Kier molecular flexibility index (Phi) is 4.15. The fourth-order valence-electron chi connectivity index (χ4n) is 2.29. The zero-order valence-corrected chi connectivity index (χ0v) is 10.3. The van der Waals surface area contributed by atoms with Gasteiger partial charge in [0.2, 0.25) is 5.91 Å². The van der Waals surface area contributed by atoms with Crippen molar-refractivity contribution < 1.29 is 4.79 Å². The Morgan fingerprint density at radius 1 is 1.35 bits per heavy atom. The molecule has 1 aromatic rings. The molecule has 1 heterocycles. The molecule has 0 spiro atoms. The van der Waals surface area contributed by atoms with Crippen molar-refractivity contribution in [3.8, 4) is 0 Å². The summed E-state index contributed by atoms with van der Waals surface area (Å²) in [6.07, 6.45) is 0.994. The van der Waals surface area contributed by atoms with E-state index in [4.69, 9.17) is 0 Å². The first kappa shape index (κ1) is 12.1. The van der Waals surface area contributed by atoms with Crippen LogP contribution < -0.4 is 10.6 Å². The molecule has 1 aliphatic rings. The van der Waals surface area contributed by atoms with Crippen molar-refractivity contribution >= 4 is 5.91 Å². The van der Waals surface area contributed by atoms with E-state index in [1.165, 1.54) is 0 Å². The molecule has 0 aromatic heterocycles. The van der Waals surface area contributed by atoms with Crippen LogP contribution in [0.25, 0.3) is 0 Å². The molecule has 92 valence electrons. The largest absolute Gasteiger partial charge is 0.352 e. The highest BCUT2D eigenvalue weighted by Gasteiger charge is 2.24. The molecule has 1 saturated heterocycles. The van der Waals surface area contributed by atoms with Gasteiger partial charge < -0.3 is 10.6 Å². The zero-order chi connectivity index (χ0) is 12.1. The summed E-state index contributed by atoms with van der Waals surface area (Å²) in [6, 6.07) is 10.0. The summed E-state index contributed by atoms with van der Waals surface area (Å²) in [7, 11) is 0. The van der Waals surface area contributed by atoms with Gasteiger partial charge in [0.05, 0.1) is 5.92 Å². The van der Waals surface area contributed by atoms with E-state index in [0.717, 1.165) is 25.1 Å². The van der Waals surface area contributed by atoms with Gasteiger partial charge in [-0.15, -0.1) is 0 Å². The molecule has 0 radical (unpaired) electrons. The molecule has 3 nitrogen and oxygen atoms in total. The van der Waals surface area contributed by atoms with Gasteiger partial charge in [-0.3, -0.25) is 4.79 Å². The normalized spacial score (nSPS) is 24.3. The Morgan fingerprint density at radius 2 is 2.12 bits per heavy atom. The SMILES string of the molecule is C[C@H]1CNC[C@@H](C(=O)NCc2ccccc2)C1. The van der Waals surface area contributed by atoms with Crippen LogP contribution in [0, 0.1) is 11.8 Å². The Bertz CT molecular complexity index is 364.